The van der Waals surface area contributed by atoms with Crippen LogP contribution in [0.1, 0.15) is 110 Å². The van der Waals surface area contributed by atoms with Crippen LogP contribution in [-0.2, 0) is 0 Å². The molecule has 4 rings (SSSR count). The van der Waals surface area contributed by atoms with E-state index in [0.717, 1.165) is 29.6 Å². The molecule has 0 heteroatoms. The van der Waals surface area contributed by atoms with Gasteiger partial charge in [-0.05, 0) is 111 Å². The minimum absolute atomic E-state index is 0.692. The van der Waals surface area contributed by atoms with Crippen LogP contribution in [0.3, 0.4) is 0 Å². The van der Waals surface area contributed by atoms with Crippen molar-refractivity contribution in [2.45, 2.75) is 110 Å². The zero-order chi connectivity index (χ0) is 18.2. The van der Waals surface area contributed by atoms with Crippen molar-refractivity contribution in [3.8, 4) is 0 Å². The minimum Gasteiger partial charge on any atom is -0.103 e. The summed E-state index contributed by atoms with van der Waals surface area (Å²) in [7, 11) is 0. The molecule has 0 radical (unpaired) electrons. The summed E-state index contributed by atoms with van der Waals surface area (Å²) in [6.45, 7) is 9.32. The molecule has 0 bridgehead atoms. The lowest BCUT2D eigenvalue weighted by Gasteiger charge is -2.60. The number of allylic oxidation sites excluding steroid dienone is 1. The van der Waals surface area contributed by atoms with E-state index in [4.69, 9.17) is 0 Å². The molecular formula is C26H44. The van der Waals surface area contributed by atoms with Gasteiger partial charge in [0, 0.05) is 0 Å². The Labute approximate surface area is 163 Å². The van der Waals surface area contributed by atoms with Crippen molar-refractivity contribution in [3.05, 3.63) is 12.7 Å². The fourth-order valence-electron chi connectivity index (χ4n) is 8.73. The Morgan fingerprint density at radius 1 is 0.808 bits per heavy atom. The van der Waals surface area contributed by atoms with Gasteiger partial charge in [-0.15, -0.1) is 6.58 Å². The molecule has 0 aromatic heterocycles. The van der Waals surface area contributed by atoms with Gasteiger partial charge in [-0.3, -0.25) is 0 Å². The van der Waals surface area contributed by atoms with Crippen LogP contribution < -0.4 is 0 Å². The summed E-state index contributed by atoms with van der Waals surface area (Å²) >= 11 is 0. The number of unbranched alkanes of at least 4 members (excludes halogenated alkanes) is 3. The first kappa shape index (κ1) is 19.1. The van der Waals surface area contributed by atoms with Crippen LogP contribution in [0.4, 0.5) is 0 Å². The fraction of sp³-hybridized carbons (Fsp3) is 0.923. The van der Waals surface area contributed by atoms with E-state index < -0.39 is 0 Å². The van der Waals surface area contributed by atoms with Gasteiger partial charge in [0.15, 0.2) is 0 Å². The highest BCUT2D eigenvalue weighted by molar-refractivity contribution is 5.08. The highest BCUT2D eigenvalue weighted by atomic mass is 14.6. The molecule has 0 amide bonds. The van der Waals surface area contributed by atoms with Gasteiger partial charge < -0.3 is 0 Å². The maximum Gasteiger partial charge on any atom is -0.0266 e. The van der Waals surface area contributed by atoms with Crippen molar-refractivity contribution in [1.29, 1.82) is 0 Å². The zero-order valence-electron chi connectivity index (χ0n) is 17.8. The summed E-state index contributed by atoms with van der Waals surface area (Å²) in [5.41, 5.74) is 1.41. The normalized spacial score (nSPS) is 47.7. The molecule has 4 saturated carbocycles. The maximum absolute atomic E-state index is 3.87. The molecule has 7 atom stereocenters. The van der Waals surface area contributed by atoms with Gasteiger partial charge in [0.05, 0.1) is 0 Å². The molecule has 0 nitrogen and oxygen atoms in total. The van der Waals surface area contributed by atoms with Crippen LogP contribution in [0.2, 0.25) is 0 Å². The Bertz CT molecular complexity index is 492. The minimum atomic E-state index is 0.692. The van der Waals surface area contributed by atoms with Crippen molar-refractivity contribution >= 4 is 0 Å². The molecule has 0 saturated heterocycles. The number of rotatable bonds is 6. The van der Waals surface area contributed by atoms with Crippen LogP contribution in [0.15, 0.2) is 12.7 Å². The van der Waals surface area contributed by atoms with E-state index in [9.17, 15) is 0 Å². The average Bonchev–Trinajstić information content (AvgIpc) is 2.97. The van der Waals surface area contributed by atoms with E-state index in [-0.39, 0.29) is 0 Å². The summed E-state index contributed by atoms with van der Waals surface area (Å²) in [5, 5.41) is 0. The molecule has 148 valence electrons. The zero-order valence-corrected chi connectivity index (χ0v) is 17.8. The Hall–Kier alpha value is -0.260. The van der Waals surface area contributed by atoms with Crippen molar-refractivity contribution in [2.24, 2.45) is 40.4 Å². The van der Waals surface area contributed by atoms with E-state index in [2.05, 4.69) is 26.5 Å². The molecule has 0 spiro atoms. The number of hydrogen-bond acceptors (Lipinski definition) is 0. The highest BCUT2D eigenvalue weighted by Gasteiger charge is 2.59. The monoisotopic (exact) mass is 356 g/mol. The molecule has 4 aliphatic carbocycles. The van der Waals surface area contributed by atoms with Crippen LogP contribution in [-0.4, -0.2) is 0 Å². The molecule has 4 aliphatic rings. The summed E-state index contributed by atoms with van der Waals surface area (Å²) in [6.07, 6.45) is 24.6. The predicted octanol–water partition coefficient (Wildman–Crippen LogP) is 8.17. The Kier molecular flexibility index (Phi) is 5.60. The molecule has 0 aromatic rings. The van der Waals surface area contributed by atoms with Crippen LogP contribution >= 0.6 is 0 Å². The molecule has 0 aromatic carbocycles. The Morgan fingerprint density at radius 2 is 1.65 bits per heavy atom. The summed E-state index contributed by atoms with van der Waals surface area (Å²) < 4.78 is 0. The highest BCUT2D eigenvalue weighted by Crippen LogP contribution is 2.67. The predicted molar refractivity (Wildman–Crippen MR) is 113 cm³/mol. The molecule has 0 heterocycles. The third-order valence-corrected chi connectivity index (χ3v) is 10.2. The molecule has 7 unspecified atom stereocenters. The van der Waals surface area contributed by atoms with Gasteiger partial charge in [0.2, 0.25) is 0 Å². The topological polar surface area (TPSA) is 0 Å². The fourth-order valence-corrected chi connectivity index (χ4v) is 8.73. The van der Waals surface area contributed by atoms with Crippen molar-refractivity contribution in [3.63, 3.8) is 0 Å². The first-order valence-electron chi connectivity index (χ1n) is 12.2. The first-order chi connectivity index (χ1) is 12.6. The Morgan fingerprint density at radius 3 is 2.50 bits per heavy atom. The second-order valence-electron chi connectivity index (χ2n) is 11.1. The molecule has 0 N–H and O–H groups in total. The molecule has 4 fully saturated rings. The van der Waals surface area contributed by atoms with Crippen molar-refractivity contribution < 1.29 is 0 Å². The third kappa shape index (κ3) is 3.12. The summed E-state index contributed by atoms with van der Waals surface area (Å²) in [4.78, 5) is 0. The van der Waals surface area contributed by atoms with Gasteiger partial charge >= 0.3 is 0 Å². The van der Waals surface area contributed by atoms with E-state index in [0.29, 0.717) is 10.8 Å². The van der Waals surface area contributed by atoms with Gasteiger partial charge in [0.1, 0.15) is 0 Å². The van der Waals surface area contributed by atoms with Gasteiger partial charge in [0.25, 0.3) is 0 Å². The van der Waals surface area contributed by atoms with Gasteiger partial charge in [-0.25, -0.2) is 0 Å². The van der Waals surface area contributed by atoms with E-state index >= 15 is 0 Å². The SMILES string of the molecule is C=CCCCCCC1CCC2C3CCC4CCCCC4(C)C3CCC12C. The van der Waals surface area contributed by atoms with E-state index in [1.807, 2.05) is 0 Å². The smallest absolute Gasteiger partial charge is 0.0266 e. The van der Waals surface area contributed by atoms with Gasteiger partial charge in [-0.1, -0.05) is 45.6 Å². The van der Waals surface area contributed by atoms with Gasteiger partial charge in [-0.2, -0.15) is 0 Å². The lowest BCUT2D eigenvalue weighted by Crippen LogP contribution is -2.52. The van der Waals surface area contributed by atoms with Crippen molar-refractivity contribution in [2.75, 3.05) is 0 Å². The second-order valence-corrected chi connectivity index (χ2v) is 11.1. The van der Waals surface area contributed by atoms with Crippen LogP contribution in [0.25, 0.3) is 0 Å². The number of hydrogen-bond donors (Lipinski definition) is 0. The quantitative estimate of drug-likeness (QED) is 0.332. The largest absolute Gasteiger partial charge is 0.103 e. The Balaban J connectivity index is 1.42. The third-order valence-electron chi connectivity index (χ3n) is 10.2. The van der Waals surface area contributed by atoms with E-state index in [1.54, 1.807) is 51.4 Å². The second kappa shape index (κ2) is 7.63. The molecule has 26 heavy (non-hydrogen) atoms. The standard InChI is InChI=1S/C26H44/c1-4-5-6-7-8-11-21-14-16-23-22-15-13-20-12-9-10-18-25(20,2)24(22)17-19-26(21,23)3/h4,20-24H,1,5-19H2,2-3H3. The average molecular weight is 357 g/mol. The number of fused-ring (bicyclic) bond motifs is 5. The lowest BCUT2D eigenvalue weighted by atomic mass is 9.45. The molecule has 0 aliphatic heterocycles. The summed E-state index contributed by atoms with van der Waals surface area (Å²) in [5.74, 6) is 5.34. The van der Waals surface area contributed by atoms with Crippen molar-refractivity contribution in [1.82, 2.24) is 0 Å². The van der Waals surface area contributed by atoms with Crippen LogP contribution in [0, 0.1) is 40.4 Å². The first-order valence-corrected chi connectivity index (χ1v) is 12.2. The maximum atomic E-state index is 3.87. The summed E-state index contributed by atoms with van der Waals surface area (Å²) in [6, 6.07) is 0. The van der Waals surface area contributed by atoms with E-state index in [1.165, 1.54) is 44.9 Å². The van der Waals surface area contributed by atoms with Crippen LogP contribution in [0.5, 0.6) is 0 Å². The molecular weight excluding hydrogens is 312 g/mol. The lowest BCUT2D eigenvalue weighted by molar-refractivity contribution is -0.111.